The molecule has 1 aliphatic rings. The monoisotopic (exact) mass is 320 g/mol. The van der Waals surface area contributed by atoms with Crippen molar-refractivity contribution >= 4 is 0 Å². The third-order valence-corrected chi connectivity index (χ3v) is 4.52. The molecule has 0 amide bonds. The fourth-order valence-corrected chi connectivity index (χ4v) is 3.11. The summed E-state index contributed by atoms with van der Waals surface area (Å²) in [4.78, 5) is 4.78. The van der Waals surface area contributed by atoms with Crippen LogP contribution >= 0.6 is 0 Å². The van der Waals surface area contributed by atoms with Crippen molar-refractivity contribution in [3.63, 3.8) is 0 Å². The predicted molar refractivity (Wildman–Crippen MR) is 94.7 cm³/mol. The third-order valence-electron chi connectivity index (χ3n) is 4.52. The molecule has 0 aromatic heterocycles. The molecule has 0 spiro atoms. The van der Waals surface area contributed by atoms with E-state index >= 15 is 0 Å². The second-order valence-corrected chi connectivity index (χ2v) is 6.99. The molecule has 2 rings (SSSR count). The van der Waals surface area contributed by atoms with Crippen molar-refractivity contribution < 1.29 is 9.84 Å². The highest BCUT2D eigenvalue weighted by atomic mass is 16.5. The molecule has 1 fully saturated rings. The van der Waals surface area contributed by atoms with Gasteiger partial charge in [-0.2, -0.15) is 0 Å². The Kier molecular flexibility index (Phi) is 7.50. The maximum absolute atomic E-state index is 10.5. The van der Waals surface area contributed by atoms with Crippen LogP contribution in [0.25, 0.3) is 0 Å². The van der Waals surface area contributed by atoms with E-state index in [9.17, 15) is 5.11 Å². The van der Waals surface area contributed by atoms with Crippen LogP contribution in [0.5, 0.6) is 0 Å². The number of nitrogens with zero attached hydrogens (tertiary/aromatic N) is 2. The van der Waals surface area contributed by atoms with E-state index in [-0.39, 0.29) is 0 Å². The maximum Gasteiger partial charge on any atom is 0.0916 e. The van der Waals surface area contributed by atoms with E-state index in [4.69, 9.17) is 4.74 Å². The number of β-amino-alcohol motifs (C(OH)–C–C–N with tert-alkyl or cyclic N) is 1. The molecule has 1 heterocycles. The van der Waals surface area contributed by atoms with E-state index in [1.807, 2.05) is 0 Å². The molecule has 0 aliphatic carbocycles. The van der Waals surface area contributed by atoms with Crippen LogP contribution in [0, 0.1) is 5.92 Å². The van der Waals surface area contributed by atoms with Crippen LogP contribution in [-0.2, 0) is 11.2 Å². The summed E-state index contributed by atoms with van der Waals surface area (Å²) in [6.07, 6.45) is 0.702. The molecule has 4 heteroatoms. The van der Waals surface area contributed by atoms with Gasteiger partial charge in [0.05, 0.1) is 12.7 Å². The van der Waals surface area contributed by atoms with Gasteiger partial charge in [-0.05, 0) is 23.5 Å². The summed E-state index contributed by atoms with van der Waals surface area (Å²) >= 11 is 0. The number of methoxy groups -OCH3 is 1. The number of aliphatic hydroxyl groups excluding tert-OH is 1. The molecule has 1 saturated heterocycles. The zero-order valence-electron chi connectivity index (χ0n) is 14.9. The number of rotatable bonds is 8. The van der Waals surface area contributed by atoms with E-state index in [1.54, 1.807) is 7.11 Å². The summed E-state index contributed by atoms with van der Waals surface area (Å²) in [7, 11) is 1.75. The molecule has 1 aromatic carbocycles. The van der Waals surface area contributed by atoms with Gasteiger partial charge in [0.25, 0.3) is 0 Å². The van der Waals surface area contributed by atoms with Gasteiger partial charge in [0.1, 0.15) is 0 Å². The zero-order chi connectivity index (χ0) is 16.7. The van der Waals surface area contributed by atoms with E-state index in [0.717, 1.165) is 57.9 Å². The van der Waals surface area contributed by atoms with Gasteiger partial charge in [0.2, 0.25) is 0 Å². The first kappa shape index (κ1) is 18.4. The highest BCUT2D eigenvalue weighted by Crippen LogP contribution is 2.17. The predicted octanol–water partition coefficient (Wildman–Crippen LogP) is 2.18. The first-order valence-corrected chi connectivity index (χ1v) is 8.79. The molecule has 1 aliphatic heterocycles. The van der Waals surface area contributed by atoms with Crippen molar-refractivity contribution in [3.8, 4) is 0 Å². The number of hydrogen-bond acceptors (Lipinski definition) is 4. The van der Waals surface area contributed by atoms with Gasteiger partial charge < -0.3 is 9.84 Å². The van der Waals surface area contributed by atoms with E-state index in [2.05, 4.69) is 47.9 Å². The molecule has 130 valence electrons. The minimum absolute atomic E-state index is 0.395. The molecular formula is C19H32N2O2. The lowest BCUT2D eigenvalue weighted by Gasteiger charge is -2.35. The Morgan fingerprint density at radius 2 is 1.65 bits per heavy atom. The van der Waals surface area contributed by atoms with Crippen LogP contribution in [0.2, 0.25) is 0 Å². The number of piperazine rings is 1. The SMILES string of the molecule is COCCN1CCN(CC(O)c2ccc(CC(C)C)cc2)CC1. The maximum atomic E-state index is 10.5. The summed E-state index contributed by atoms with van der Waals surface area (Å²) in [5.41, 5.74) is 2.38. The lowest BCUT2D eigenvalue weighted by Crippen LogP contribution is -2.48. The summed E-state index contributed by atoms with van der Waals surface area (Å²) < 4.78 is 5.13. The summed E-state index contributed by atoms with van der Waals surface area (Å²) in [6, 6.07) is 8.47. The van der Waals surface area contributed by atoms with E-state index < -0.39 is 6.10 Å². The van der Waals surface area contributed by atoms with Crippen LogP contribution in [0.1, 0.15) is 31.1 Å². The Morgan fingerprint density at radius 3 is 2.22 bits per heavy atom. The Morgan fingerprint density at radius 1 is 1.04 bits per heavy atom. The van der Waals surface area contributed by atoms with Crippen molar-refractivity contribution in [3.05, 3.63) is 35.4 Å². The van der Waals surface area contributed by atoms with Crippen molar-refractivity contribution in [1.82, 2.24) is 9.80 Å². The summed E-state index contributed by atoms with van der Waals surface area (Å²) in [5.74, 6) is 0.667. The van der Waals surface area contributed by atoms with Gasteiger partial charge >= 0.3 is 0 Å². The average molecular weight is 320 g/mol. The molecular weight excluding hydrogens is 288 g/mol. The zero-order valence-corrected chi connectivity index (χ0v) is 14.9. The molecule has 0 bridgehead atoms. The smallest absolute Gasteiger partial charge is 0.0916 e. The Bertz CT molecular complexity index is 439. The number of ether oxygens (including phenoxy) is 1. The lowest BCUT2D eigenvalue weighted by molar-refractivity contribution is 0.0611. The van der Waals surface area contributed by atoms with Crippen molar-refractivity contribution in [2.75, 3.05) is 53.0 Å². The van der Waals surface area contributed by atoms with Crippen LogP contribution in [0.15, 0.2) is 24.3 Å². The highest BCUT2D eigenvalue weighted by Gasteiger charge is 2.19. The Hall–Kier alpha value is -0.940. The minimum Gasteiger partial charge on any atom is -0.387 e. The summed E-state index contributed by atoms with van der Waals surface area (Å²) in [6.45, 7) is 11.1. The number of benzene rings is 1. The summed E-state index contributed by atoms with van der Waals surface area (Å²) in [5, 5.41) is 10.5. The normalized spacial score (nSPS) is 18.5. The molecule has 23 heavy (non-hydrogen) atoms. The minimum atomic E-state index is -0.395. The van der Waals surface area contributed by atoms with Gasteiger partial charge in [0.15, 0.2) is 0 Å². The van der Waals surface area contributed by atoms with Gasteiger partial charge in [-0.25, -0.2) is 0 Å². The van der Waals surface area contributed by atoms with Crippen molar-refractivity contribution in [1.29, 1.82) is 0 Å². The van der Waals surface area contributed by atoms with Crippen molar-refractivity contribution in [2.24, 2.45) is 5.92 Å². The molecule has 1 N–H and O–H groups in total. The van der Waals surface area contributed by atoms with Gasteiger partial charge in [0, 0.05) is 46.4 Å². The van der Waals surface area contributed by atoms with Crippen molar-refractivity contribution in [2.45, 2.75) is 26.4 Å². The van der Waals surface area contributed by atoms with Crippen LogP contribution < -0.4 is 0 Å². The largest absolute Gasteiger partial charge is 0.387 e. The standard InChI is InChI=1S/C19H32N2O2/c1-16(2)14-17-4-6-18(7-5-17)19(22)15-21-10-8-20(9-11-21)12-13-23-3/h4-7,16,19,22H,8-15H2,1-3H3. The third kappa shape index (κ3) is 6.22. The molecule has 1 aromatic rings. The fourth-order valence-electron chi connectivity index (χ4n) is 3.11. The molecule has 0 saturated carbocycles. The first-order valence-electron chi connectivity index (χ1n) is 8.79. The molecule has 4 nitrogen and oxygen atoms in total. The number of hydrogen-bond donors (Lipinski definition) is 1. The molecule has 1 unspecified atom stereocenters. The second kappa shape index (κ2) is 9.38. The van der Waals surface area contributed by atoms with Gasteiger partial charge in [-0.3, -0.25) is 9.80 Å². The van der Waals surface area contributed by atoms with Gasteiger partial charge in [-0.1, -0.05) is 38.1 Å². The average Bonchev–Trinajstić information content (AvgIpc) is 2.54. The highest BCUT2D eigenvalue weighted by molar-refractivity contribution is 5.24. The number of aliphatic hydroxyl groups is 1. The second-order valence-electron chi connectivity index (χ2n) is 6.99. The fraction of sp³-hybridized carbons (Fsp3) is 0.684. The first-order chi connectivity index (χ1) is 11.1. The van der Waals surface area contributed by atoms with Crippen LogP contribution in [0.3, 0.4) is 0 Å². The van der Waals surface area contributed by atoms with Crippen LogP contribution in [0.4, 0.5) is 0 Å². The molecule has 0 radical (unpaired) electrons. The topological polar surface area (TPSA) is 35.9 Å². The quantitative estimate of drug-likeness (QED) is 0.796. The van der Waals surface area contributed by atoms with E-state index in [0.29, 0.717) is 5.92 Å². The molecule has 1 atom stereocenters. The Labute approximate surface area is 141 Å². The van der Waals surface area contributed by atoms with Crippen LogP contribution in [-0.4, -0.2) is 67.9 Å². The Balaban J connectivity index is 1.77. The van der Waals surface area contributed by atoms with E-state index in [1.165, 1.54) is 5.56 Å². The lowest BCUT2D eigenvalue weighted by atomic mass is 10.00. The van der Waals surface area contributed by atoms with Gasteiger partial charge in [-0.15, -0.1) is 0 Å².